The Morgan fingerprint density at radius 1 is 1.39 bits per heavy atom. The van der Waals surface area contributed by atoms with E-state index in [1.54, 1.807) is 0 Å². The van der Waals surface area contributed by atoms with E-state index in [4.69, 9.17) is 4.74 Å². The minimum atomic E-state index is -0.418. The molecular formula is C13H17NO4. The van der Waals surface area contributed by atoms with E-state index in [2.05, 4.69) is 5.32 Å². The fourth-order valence-corrected chi connectivity index (χ4v) is 2.06. The molecule has 5 heteroatoms. The maximum Gasteiger partial charge on any atom is 0.252 e. The molecule has 1 aromatic carbocycles. The molecule has 18 heavy (non-hydrogen) atoms. The van der Waals surface area contributed by atoms with Gasteiger partial charge in [0.2, 0.25) is 0 Å². The predicted octanol–water partition coefficient (Wildman–Crippen LogP) is 1.40. The molecular weight excluding hydrogens is 234 g/mol. The molecule has 2 unspecified atom stereocenters. The fourth-order valence-electron chi connectivity index (χ4n) is 2.06. The van der Waals surface area contributed by atoms with E-state index in [9.17, 15) is 15.0 Å². The summed E-state index contributed by atoms with van der Waals surface area (Å²) in [6.07, 6.45) is 0.678. The largest absolute Gasteiger partial charge is 0.508 e. The molecule has 0 radical (unpaired) electrons. The molecule has 2 atom stereocenters. The van der Waals surface area contributed by atoms with Gasteiger partial charge in [0.25, 0.3) is 5.91 Å². The summed E-state index contributed by atoms with van der Waals surface area (Å²) in [6.45, 7) is 4.45. The minimum absolute atomic E-state index is 0.0626. The summed E-state index contributed by atoms with van der Waals surface area (Å²) in [7, 11) is 0. The lowest BCUT2D eigenvalue weighted by atomic mass is 9.94. The van der Waals surface area contributed by atoms with E-state index >= 15 is 0 Å². The van der Waals surface area contributed by atoms with Crippen molar-refractivity contribution in [1.29, 1.82) is 0 Å². The van der Waals surface area contributed by atoms with Crippen molar-refractivity contribution in [3.05, 3.63) is 23.8 Å². The Morgan fingerprint density at radius 3 is 2.50 bits per heavy atom. The molecule has 1 amide bonds. The van der Waals surface area contributed by atoms with E-state index in [1.165, 1.54) is 18.2 Å². The maximum absolute atomic E-state index is 12.1. The van der Waals surface area contributed by atoms with Gasteiger partial charge in [-0.25, -0.2) is 0 Å². The summed E-state index contributed by atoms with van der Waals surface area (Å²) in [6, 6.07) is 3.82. The first kappa shape index (κ1) is 12.7. The van der Waals surface area contributed by atoms with Gasteiger partial charge in [-0.1, -0.05) is 0 Å². The number of rotatable bonds is 2. The summed E-state index contributed by atoms with van der Waals surface area (Å²) in [5, 5.41) is 21.6. The zero-order chi connectivity index (χ0) is 13.3. The molecule has 1 fully saturated rings. The molecule has 3 N–H and O–H groups in total. The quantitative estimate of drug-likeness (QED) is 0.742. The Morgan fingerprint density at radius 2 is 2.00 bits per heavy atom. The highest BCUT2D eigenvalue weighted by atomic mass is 16.5. The lowest BCUT2D eigenvalue weighted by Crippen LogP contribution is -2.50. The van der Waals surface area contributed by atoms with Crippen molar-refractivity contribution in [2.75, 3.05) is 6.61 Å². The minimum Gasteiger partial charge on any atom is -0.508 e. The fraction of sp³-hybridized carbons (Fsp3) is 0.462. The average Bonchev–Trinajstić information content (AvgIpc) is 2.57. The second kappa shape index (κ2) is 4.49. The van der Waals surface area contributed by atoms with Crippen LogP contribution in [0.25, 0.3) is 0 Å². The smallest absolute Gasteiger partial charge is 0.252 e. The second-order valence-electron chi connectivity index (χ2n) is 4.87. The lowest BCUT2D eigenvalue weighted by Gasteiger charge is -2.28. The molecule has 0 aromatic heterocycles. The molecule has 1 aliphatic heterocycles. The van der Waals surface area contributed by atoms with Gasteiger partial charge in [-0.3, -0.25) is 4.79 Å². The molecule has 2 rings (SSSR count). The first-order chi connectivity index (χ1) is 8.40. The molecule has 0 spiro atoms. The van der Waals surface area contributed by atoms with Crippen LogP contribution in [0.3, 0.4) is 0 Å². The Balaban J connectivity index is 2.17. The number of carbonyl (C=O) groups excluding carboxylic acids is 1. The first-order valence-corrected chi connectivity index (χ1v) is 5.88. The summed E-state index contributed by atoms with van der Waals surface area (Å²) in [5.41, 5.74) is -0.189. The number of aromatic hydroxyl groups is 2. The van der Waals surface area contributed by atoms with E-state index in [0.29, 0.717) is 6.61 Å². The van der Waals surface area contributed by atoms with Crippen LogP contribution >= 0.6 is 0 Å². The number of hydrogen-bond donors (Lipinski definition) is 3. The van der Waals surface area contributed by atoms with Gasteiger partial charge in [0, 0.05) is 18.2 Å². The van der Waals surface area contributed by atoms with Crippen LogP contribution in [-0.4, -0.2) is 34.4 Å². The number of amides is 1. The van der Waals surface area contributed by atoms with Crippen molar-refractivity contribution in [1.82, 2.24) is 5.32 Å². The molecule has 0 bridgehead atoms. The van der Waals surface area contributed by atoms with E-state index < -0.39 is 5.54 Å². The molecule has 1 saturated heterocycles. The van der Waals surface area contributed by atoms with Gasteiger partial charge < -0.3 is 20.3 Å². The predicted molar refractivity (Wildman–Crippen MR) is 65.7 cm³/mol. The van der Waals surface area contributed by atoms with Crippen molar-refractivity contribution < 1.29 is 19.7 Å². The molecule has 98 valence electrons. The number of hydrogen-bond acceptors (Lipinski definition) is 4. The van der Waals surface area contributed by atoms with Gasteiger partial charge >= 0.3 is 0 Å². The van der Waals surface area contributed by atoms with E-state index in [0.717, 1.165) is 6.42 Å². The van der Waals surface area contributed by atoms with Crippen molar-refractivity contribution in [3.63, 3.8) is 0 Å². The molecule has 1 aliphatic rings. The topological polar surface area (TPSA) is 78.8 Å². The summed E-state index contributed by atoms with van der Waals surface area (Å²) in [4.78, 5) is 12.1. The second-order valence-corrected chi connectivity index (χ2v) is 4.87. The Bertz CT molecular complexity index is 454. The number of carbonyl (C=O) groups is 1. The third-order valence-corrected chi connectivity index (χ3v) is 3.45. The van der Waals surface area contributed by atoms with Crippen LogP contribution in [-0.2, 0) is 4.74 Å². The monoisotopic (exact) mass is 251 g/mol. The van der Waals surface area contributed by atoms with Gasteiger partial charge in [-0.05, 0) is 32.4 Å². The SMILES string of the molecule is CC1OCCC1(C)NC(=O)c1cc(O)cc(O)c1. The van der Waals surface area contributed by atoms with Crippen LogP contribution in [0, 0.1) is 0 Å². The molecule has 0 aliphatic carbocycles. The number of benzene rings is 1. The third-order valence-electron chi connectivity index (χ3n) is 3.45. The van der Waals surface area contributed by atoms with Crippen LogP contribution < -0.4 is 5.32 Å². The van der Waals surface area contributed by atoms with E-state index in [-0.39, 0.29) is 29.1 Å². The summed E-state index contributed by atoms with van der Waals surface area (Å²) < 4.78 is 5.44. The summed E-state index contributed by atoms with van der Waals surface area (Å²) in [5.74, 6) is -0.608. The number of phenolic OH excluding ortho intramolecular Hbond substituents is 2. The van der Waals surface area contributed by atoms with Crippen LogP contribution in [0.15, 0.2) is 18.2 Å². The number of phenols is 2. The van der Waals surface area contributed by atoms with E-state index in [1.807, 2.05) is 13.8 Å². The highest BCUT2D eigenvalue weighted by molar-refractivity contribution is 5.95. The first-order valence-electron chi connectivity index (χ1n) is 5.88. The van der Waals surface area contributed by atoms with Crippen molar-refractivity contribution in [2.24, 2.45) is 0 Å². The number of ether oxygens (including phenoxy) is 1. The zero-order valence-electron chi connectivity index (χ0n) is 10.4. The normalized spacial score (nSPS) is 27.1. The Labute approximate surface area is 105 Å². The van der Waals surface area contributed by atoms with Gasteiger partial charge in [0.1, 0.15) is 11.5 Å². The van der Waals surface area contributed by atoms with Crippen molar-refractivity contribution >= 4 is 5.91 Å². The van der Waals surface area contributed by atoms with Crippen molar-refractivity contribution in [2.45, 2.75) is 31.9 Å². The Hall–Kier alpha value is -1.75. The average molecular weight is 251 g/mol. The van der Waals surface area contributed by atoms with Crippen LogP contribution in [0.4, 0.5) is 0 Å². The maximum atomic E-state index is 12.1. The van der Waals surface area contributed by atoms with Crippen LogP contribution in [0.1, 0.15) is 30.6 Å². The standard InChI is InChI=1S/C13H17NO4/c1-8-13(2,3-4-18-8)14-12(17)9-5-10(15)7-11(16)6-9/h5-8,15-16H,3-4H2,1-2H3,(H,14,17). The van der Waals surface area contributed by atoms with Gasteiger partial charge in [-0.2, -0.15) is 0 Å². The molecule has 1 aromatic rings. The third kappa shape index (κ3) is 2.41. The van der Waals surface area contributed by atoms with Crippen molar-refractivity contribution in [3.8, 4) is 11.5 Å². The molecule has 1 heterocycles. The van der Waals surface area contributed by atoms with Gasteiger partial charge in [0.05, 0.1) is 11.6 Å². The number of nitrogens with one attached hydrogen (secondary N) is 1. The lowest BCUT2D eigenvalue weighted by molar-refractivity contribution is 0.0727. The Kier molecular flexibility index (Phi) is 3.17. The summed E-state index contributed by atoms with van der Waals surface area (Å²) >= 11 is 0. The highest BCUT2D eigenvalue weighted by Crippen LogP contribution is 2.26. The van der Waals surface area contributed by atoms with Gasteiger partial charge in [0.15, 0.2) is 0 Å². The molecule has 0 saturated carbocycles. The van der Waals surface area contributed by atoms with Crippen LogP contribution in [0.2, 0.25) is 0 Å². The highest BCUT2D eigenvalue weighted by Gasteiger charge is 2.38. The zero-order valence-corrected chi connectivity index (χ0v) is 10.4. The molecule has 5 nitrogen and oxygen atoms in total. The van der Waals surface area contributed by atoms with Gasteiger partial charge in [-0.15, -0.1) is 0 Å². The van der Waals surface area contributed by atoms with Crippen LogP contribution in [0.5, 0.6) is 11.5 Å².